The second-order valence-electron chi connectivity index (χ2n) is 4.38. The van der Waals surface area contributed by atoms with Crippen molar-refractivity contribution in [2.75, 3.05) is 0 Å². The first-order chi connectivity index (χ1) is 9.72. The Morgan fingerprint density at radius 1 is 1.05 bits per heavy atom. The van der Waals surface area contributed by atoms with Gasteiger partial charge in [-0.05, 0) is 11.1 Å². The molecule has 4 heteroatoms. The highest BCUT2D eigenvalue weighted by atomic mass is 16.3. The molecule has 0 spiro atoms. The van der Waals surface area contributed by atoms with Crippen molar-refractivity contribution in [3.05, 3.63) is 77.3 Å². The summed E-state index contributed by atoms with van der Waals surface area (Å²) in [4.78, 5) is 15.1. The van der Waals surface area contributed by atoms with Crippen molar-refractivity contribution in [1.82, 2.24) is 0 Å². The molecule has 0 heterocycles. The SMILES string of the molecule is [N-]=[N+]=C(C(=O)Cc1ccccc1)C(O)c1ccccc1. The Labute approximate surface area is 116 Å². The van der Waals surface area contributed by atoms with E-state index in [2.05, 4.69) is 4.79 Å². The lowest BCUT2D eigenvalue weighted by Gasteiger charge is -2.06. The van der Waals surface area contributed by atoms with E-state index >= 15 is 0 Å². The van der Waals surface area contributed by atoms with E-state index in [9.17, 15) is 9.90 Å². The van der Waals surface area contributed by atoms with Gasteiger partial charge in [-0.25, -0.2) is 0 Å². The minimum Gasteiger partial charge on any atom is -0.376 e. The fourth-order valence-corrected chi connectivity index (χ4v) is 1.93. The molecule has 20 heavy (non-hydrogen) atoms. The number of benzene rings is 2. The first-order valence-electron chi connectivity index (χ1n) is 6.24. The minimum absolute atomic E-state index is 0.0874. The second-order valence-corrected chi connectivity index (χ2v) is 4.38. The lowest BCUT2D eigenvalue weighted by atomic mass is 9.98. The van der Waals surface area contributed by atoms with Gasteiger partial charge in [0.25, 0.3) is 0 Å². The van der Waals surface area contributed by atoms with Crippen molar-refractivity contribution in [2.24, 2.45) is 0 Å². The molecule has 4 nitrogen and oxygen atoms in total. The fraction of sp³-hybridized carbons (Fsp3) is 0.125. The molecule has 0 aliphatic carbocycles. The number of carbonyl (C=O) groups excluding carboxylic acids is 1. The number of aliphatic hydroxyl groups is 1. The van der Waals surface area contributed by atoms with Crippen molar-refractivity contribution in [3.8, 4) is 0 Å². The van der Waals surface area contributed by atoms with Crippen molar-refractivity contribution in [1.29, 1.82) is 0 Å². The Morgan fingerprint density at radius 3 is 2.15 bits per heavy atom. The molecule has 1 unspecified atom stereocenters. The van der Waals surface area contributed by atoms with Gasteiger partial charge >= 0.3 is 5.71 Å². The molecular weight excluding hydrogens is 252 g/mol. The van der Waals surface area contributed by atoms with Crippen LogP contribution in [0.4, 0.5) is 0 Å². The summed E-state index contributed by atoms with van der Waals surface area (Å²) in [5, 5.41) is 10.1. The number of nitrogens with zero attached hydrogens (tertiary/aromatic N) is 2. The third-order valence-corrected chi connectivity index (χ3v) is 2.98. The van der Waals surface area contributed by atoms with Crippen LogP contribution in [0.1, 0.15) is 17.2 Å². The predicted molar refractivity (Wildman–Crippen MR) is 75.2 cm³/mol. The summed E-state index contributed by atoms with van der Waals surface area (Å²) in [5.41, 5.74) is 10.1. The van der Waals surface area contributed by atoms with Crippen LogP contribution in [0, 0.1) is 0 Å². The molecule has 0 saturated heterocycles. The van der Waals surface area contributed by atoms with E-state index in [4.69, 9.17) is 5.53 Å². The maximum absolute atomic E-state index is 12.1. The van der Waals surface area contributed by atoms with Crippen LogP contribution >= 0.6 is 0 Å². The van der Waals surface area contributed by atoms with Gasteiger partial charge in [-0.2, -0.15) is 4.79 Å². The maximum atomic E-state index is 12.1. The minimum atomic E-state index is -1.22. The number of aliphatic hydroxyl groups excluding tert-OH is 1. The molecule has 2 aromatic carbocycles. The zero-order valence-corrected chi connectivity index (χ0v) is 10.8. The van der Waals surface area contributed by atoms with Crippen LogP contribution in [0.15, 0.2) is 60.7 Å². The molecule has 2 rings (SSSR count). The maximum Gasteiger partial charge on any atom is 0.367 e. The van der Waals surface area contributed by atoms with Crippen LogP contribution in [0.2, 0.25) is 0 Å². The number of rotatable bonds is 5. The Morgan fingerprint density at radius 2 is 1.60 bits per heavy atom. The highest BCUT2D eigenvalue weighted by Gasteiger charge is 2.30. The van der Waals surface area contributed by atoms with Gasteiger partial charge in [-0.3, -0.25) is 4.79 Å². The average molecular weight is 266 g/mol. The molecule has 2 aromatic rings. The molecular formula is C16H14N2O2. The summed E-state index contributed by atoms with van der Waals surface area (Å²) in [7, 11) is 0. The second kappa shape index (κ2) is 6.57. The largest absolute Gasteiger partial charge is 0.376 e. The van der Waals surface area contributed by atoms with Crippen molar-refractivity contribution >= 4 is 11.5 Å². The van der Waals surface area contributed by atoms with Gasteiger partial charge in [-0.1, -0.05) is 60.7 Å². The summed E-state index contributed by atoms with van der Waals surface area (Å²) < 4.78 is 0. The highest BCUT2D eigenvalue weighted by molar-refractivity contribution is 6.39. The highest BCUT2D eigenvalue weighted by Crippen LogP contribution is 2.14. The molecule has 0 aliphatic rings. The number of ketones is 1. The molecule has 0 bridgehead atoms. The molecule has 1 N–H and O–H groups in total. The van der Waals surface area contributed by atoms with Crippen LogP contribution in [-0.4, -0.2) is 21.4 Å². The van der Waals surface area contributed by atoms with Gasteiger partial charge < -0.3 is 10.6 Å². The van der Waals surface area contributed by atoms with Gasteiger partial charge in [0.1, 0.15) is 0 Å². The lowest BCUT2D eigenvalue weighted by molar-refractivity contribution is -0.118. The Balaban J connectivity index is 2.17. The lowest BCUT2D eigenvalue weighted by Crippen LogP contribution is -2.25. The summed E-state index contributed by atoms with van der Waals surface area (Å²) in [5.74, 6) is -0.407. The van der Waals surface area contributed by atoms with Crippen LogP contribution in [0.25, 0.3) is 5.53 Å². The van der Waals surface area contributed by atoms with E-state index in [-0.39, 0.29) is 12.1 Å². The third-order valence-electron chi connectivity index (χ3n) is 2.98. The number of carbonyl (C=O) groups is 1. The van der Waals surface area contributed by atoms with E-state index < -0.39 is 11.9 Å². The van der Waals surface area contributed by atoms with Crippen LogP contribution in [-0.2, 0) is 11.2 Å². The third kappa shape index (κ3) is 3.26. The Hall–Kier alpha value is -2.55. The summed E-state index contributed by atoms with van der Waals surface area (Å²) in [6.07, 6.45) is -1.14. The van der Waals surface area contributed by atoms with Gasteiger partial charge in [0.2, 0.25) is 5.78 Å². The molecule has 0 radical (unpaired) electrons. The van der Waals surface area contributed by atoms with Crippen LogP contribution in [0.5, 0.6) is 0 Å². The first kappa shape index (κ1) is 13.9. The van der Waals surface area contributed by atoms with E-state index in [1.165, 1.54) is 0 Å². The Kier molecular flexibility index (Phi) is 4.56. The van der Waals surface area contributed by atoms with Gasteiger partial charge in [-0.15, -0.1) is 0 Å². The van der Waals surface area contributed by atoms with Crippen molar-refractivity contribution < 1.29 is 14.7 Å². The molecule has 0 aliphatic heterocycles. The molecule has 0 amide bonds. The average Bonchev–Trinajstić information content (AvgIpc) is 2.49. The van der Waals surface area contributed by atoms with Gasteiger partial charge in [0, 0.05) is 6.42 Å². The smallest absolute Gasteiger partial charge is 0.367 e. The molecule has 1 atom stereocenters. The summed E-state index contributed by atoms with van der Waals surface area (Å²) in [6, 6.07) is 17.8. The Bertz CT molecular complexity index is 632. The molecule has 0 aromatic heterocycles. The number of hydrogen-bond donors (Lipinski definition) is 1. The van der Waals surface area contributed by atoms with Crippen molar-refractivity contribution in [3.63, 3.8) is 0 Å². The molecule has 0 saturated carbocycles. The normalized spacial score (nSPS) is 11.4. The van der Waals surface area contributed by atoms with E-state index in [0.717, 1.165) is 5.56 Å². The quantitative estimate of drug-likeness (QED) is 0.512. The van der Waals surface area contributed by atoms with E-state index in [1.54, 1.807) is 30.3 Å². The van der Waals surface area contributed by atoms with Crippen molar-refractivity contribution in [2.45, 2.75) is 12.5 Å². The van der Waals surface area contributed by atoms with Crippen LogP contribution in [0.3, 0.4) is 0 Å². The topological polar surface area (TPSA) is 73.7 Å². The summed E-state index contributed by atoms with van der Waals surface area (Å²) in [6.45, 7) is 0. The zero-order valence-electron chi connectivity index (χ0n) is 10.8. The standard InChI is InChI=1S/C16H14N2O2/c17-18-15(16(20)13-9-5-2-6-10-13)14(19)11-12-7-3-1-4-8-12/h1-10,16,20H,11H2. The van der Waals surface area contributed by atoms with E-state index in [1.807, 2.05) is 30.3 Å². The monoisotopic (exact) mass is 266 g/mol. The van der Waals surface area contributed by atoms with Crippen LogP contribution < -0.4 is 0 Å². The van der Waals surface area contributed by atoms with Gasteiger partial charge in [0.15, 0.2) is 6.10 Å². The molecule has 100 valence electrons. The first-order valence-corrected chi connectivity index (χ1v) is 6.24. The number of hydrogen-bond acceptors (Lipinski definition) is 2. The van der Waals surface area contributed by atoms with Gasteiger partial charge in [0.05, 0.1) is 0 Å². The predicted octanol–water partition coefficient (Wildman–Crippen LogP) is 2.20. The fourth-order valence-electron chi connectivity index (χ4n) is 1.93. The molecule has 0 fully saturated rings. The summed E-state index contributed by atoms with van der Waals surface area (Å²) >= 11 is 0. The zero-order chi connectivity index (χ0) is 14.4. The number of Topliss-reactive ketones (excluding diaryl/α,β-unsaturated/α-hetero) is 1. The van der Waals surface area contributed by atoms with E-state index in [0.29, 0.717) is 5.56 Å².